The van der Waals surface area contributed by atoms with Crippen LogP contribution in [0.15, 0.2) is 0 Å². The van der Waals surface area contributed by atoms with E-state index in [1.165, 1.54) is 12.8 Å². The summed E-state index contributed by atoms with van der Waals surface area (Å²) in [5, 5.41) is 21.0. The summed E-state index contributed by atoms with van der Waals surface area (Å²) in [5.41, 5.74) is -1.01. The van der Waals surface area contributed by atoms with Crippen LogP contribution in [-0.4, -0.2) is 56.7 Å². The van der Waals surface area contributed by atoms with Gasteiger partial charge in [-0.25, -0.2) is 0 Å². The lowest BCUT2D eigenvalue weighted by molar-refractivity contribution is -0.125. The van der Waals surface area contributed by atoms with Crippen LogP contribution < -0.4 is 4.74 Å². The number of nitrogens with zero attached hydrogens (tertiary/aromatic N) is 3. The van der Waals surface area contributed by atoms with Gasteiger partial charge in [0.15, 0.2) is 11.3 Å². The third-order valence-electron chi connectivity index (χ3n) is 3.95. The van der Waals surface area contributed by atoms with Crippen molar-refractivity contribution in [1.82, 2.24) is 13.6 Å². The Morgan fingerprint density at radius 3 is 2.74 bits per heavy atom. The van der Waals surface area contributed by atoms with E-state index >= 15 is 0 Å². The third-order valence-corrected chi connectivity index (χ3v) is 4.46. The Kier molecular flexibility index (Phi) is 8.98. The SMILES string of the molecule is CC.CCCCCCOc1nsnc1C1(O)CN(C)CCC1O. The lowest BCUT2D eigenvalue weighted by Gasteiger charge is -2.40. The van der Waals surface area contributed by atoms with Crippen LogP contribution >= 0.6 is 11.7 Å². The number of aliphatic hydroxyl groups excluding tert-OH is 1. The van der Waals surface area contributed by atoms with Crippen LogP contribution in [0.1, 0.15) is 58.6 Å². The third kappa shape index (κ3) is 5.38. The first-order valence-electron chi connectivity index (χ1n) is 8.62. The number of piperidine rings is 1. The van der Waals surface area contributed by atoms with E-state index < -0.39 is 11.7 Å². The van der Waals surface area contributed by atoms with Crippen LogP contribution in [0.3, 0.4) is 0 Å². The van der Waals surface area contributed by atoms with E-state index in [1.807, 2.05) is 25.8 Å². The molecule has 6 nitrogen and oxygen atoms in total. The fourth-order valence-corrected chi connectivity index (χ4v) is 3.22. The zero-order valence-electron chi connectivity index (χ0n) is 14.8. The van der Waals surface area contributed by atoms with Gasteiger partial charge in [-0.15, -0.1) is 4.37 Å². The summed E-state index contributed by atoms with van der Waals surface area (Å²) in [6.07, 6.45) is 4.14. The Labute approximate surface area is 143 Å². The fourth-order valence-electron chi connectivity index (χ4n) is 2.65. The maximum Gasteiger partial charge on any atom is 0.252 e. The monoisotopic (exact) mass is 345 g/mol. The van der Waals surface area contributed by atoms with Gasteiger partial charge >= 0.3 is 0 Å². The number of hydrogen-bond acceptors (Lipinski definition) is 7. The zero-order valence-corrected chi connectivity index (χ0v) is 15.6. The van der Waals surface area contributed by atoms with Gasteiger partial charge in [0.1, 0.15) is 0 Å². The average molecular weight is 346 g/mol. The van der Waals surface area contributed by atoms with Gasteiger partial charge in [0.2, 0.25) is 0 Å². The summed E-state index contributed by atoms with van der Waals surface area (Å²) >= 11 is 1.02. The van der Waals surface area contributed by atoms with Gasteiger partial charge in [0.25, 0.3) is 5.88 Å². The highest BCUT2D eigenvalue weighted by Gasteiger charge is 2.46. The molecule has 1 aromatic heterocycles. The molecule has 1 aliphatic rings. The first kappa shape index (κ1) is 20.3. The summed E-state index contributed by atoms with van der Waals surface area (Å²) in [4.78, 5) is 1.98. The Hall–Kier alpha value is -0.760. The molecule has 1 aliphatic heterocycles. The van der Waals surface area contributed by atoms with E-state index in [1.54, 1.807) is 0 Å². The number of aliphatic hydroxyl groups is 2. The fraction of sp³-hybridized carbons (Fsp3) is 0.875. The largest absolute Gasteiger partial charge is 0.476 e. The Morgan fingerprint density at radius 2 is 2.04 bits per heavy atom. The lowest BCUT2D eigenvalue weighted by atomic mass is 9.87. The molecule has 23 heavy (non-hydrogen) atoms. The second kappa shape index (κ2) is 10.2. The van der Waals surface area contributed by atoms with Crippen LogP contribution in [0, 0.1) is 0 Å². The first-order valence-corrected chi connectivity index (χ1v) is 9.35. The van der Waals surface area contributed by atoms with Gasteiger partial charge in [-0.05, 0) is 19.9 Å². The van der Waals surface area contributed by atoms with Crippen molar-refractivity contribution in [3.8, 4) is 5.88 Å². The minimum atomic E-state index is -1.39. The van der Waals surface area contributed by atoms with Crippen molar-refractivity contribution in [2.45, 2.75) is 64.6 Å². The molecule has 0 saturated carbocycles. The molecule has 0 spiro atoms. The molecule has 0 aliphatic carbocycles. The molecule has 2 unspecified atom stereocenters. The van der Waals surface area contributed by atoms with E-state index in [9.17, 15) is 10.2 Å². The second-order valence-corrected chi connectivity index (χ2v) is 6.32. The van der Waals surface area contributed by atoms with Crippen molar-refractivity contribution in [1.29, 1.82) is 0 Å². The molecular weight excluding hydrogens is 314 g/mol. The summed E-state index contributed by atoms with van der Waals surface area (Å²) in [7, 11) is 1.92. The summed E-state index contributed by atoms with van der Waals surface area (Å²) in [6, 6.07) is 0. The standard InChI is InChI=1S/C14H25N3O3S.C2H6/c1-3-4-5-6-9-20-13-12(15-21-16-13)14(19)10-17(2)8-7-11(14)18;1-2/h11,18-19H,3-10H2,1-2H3;1-2H3. The molecule has 2 N–H and O–H groups in total. The Bertz CT molecular complexity index is 444. The van der Waals surface area contributed by atoms with Crippen LogP contribution in [0.25, 0.3) is 0 Å². The molecule has 1 aromatic rings. The molecule has 134 valence electrons. The van der Waals surface area contributed by atoms with Crippen molar-refractivity contribution in [3.63, 3.8) is 0 Å². The molecule has 2 atom stereocenters. The minimum absolute atomic E-state index is 0.339. The van der Waals surface area contributed by atoms with Crippen molar-refractivity contribution in [2.24, 2.45) is 0 Å². The number of likely N-dealkylation sites (N-methyl/N-ethyl adjacent to an activating group) is 1. The molecule has 2 heterocycles. The number of likely N-dealkylation sites (tertiary alicyclic amines) is 1. The summed E-state index contributed by atoms with van der Waals surface area (Å²) < 4.78 is 14.0. The van der Waals surface area contributed by atoms with Gasteiger partial charge in [0, 0.05) is 13.1 Å². The number of aromatic nitrogens is 2. The minimum Gasteiger partial charge on any atom is -0.476 e. The summed E-state index contributed by atoms with van der Waals surface area (Å²) in [6.45, 7) is 7.83. The van der Waals surface area contributed by atoms with Crippen molar-refractivity contribution >= 4 is 11.7 Å². The quantitative estimate of drug-likeness (QED) is 0.739. The van der Waals surface area contributed by atoms with E-state index in [-0.39, 0.29) is 0 Å². The van der Waals surface area contributed by atoms with E-state index in [4.69, 9.17) is 4.74 Å². The van der Waals surface area contributed by atoms with E-state index in [0.29, 0.717) is 31.1 Å². The molecular formula is C16H31N3O3S. The lowest BCUT2D eigenvalue weighted by Crippen LogP contribution is -2.53. The molecule has 1 fully saturated rings. The average Bonchev–Trinajstić information content (AvgIpc) is 3.02. The predicted molar refractivity (Wildman–Crippen MR) is 92.9 cm³/mol. The van der Waals surface area contributed by atoms with Crippen molar-refractivity contribution < 1.29 is 14.9 Å². The number of rotatable bonds is 7. The van der Waals surface area contributed by atoms with Crippen LogP contribution in [0.4, 0.5) is 0 Å². The zero-order chi connectivity index (χ0) is 17.3. The normalized spacial score (nSPS) is 24.9. The molecule has 0 bridgehead atoms. The first-order chi connectivity index (χ1) is 11.1. The van der Waals surface area contributed by atoms with Gasteiger partial charge in [-0.3, -0.25) is 0 Å². The van der Waals surface area contributed by atoms with Gasteiger partial charge < -0.3 is 19.8 Å². The van der Waals surface area contributed by atoms with E-state index in [2.05, 4.69) is 15.7 Å². The highest BCUT2D eigenvalue weighted by atomic mass is 32.1. The molecule has 0 amide bonds. The number of β-amino-alcohol motifs (C(OH)–C–C–N with tert-alkyl or cyclic N) is 1. The van der Waals surface area contributed by atoms with Crippen molar-refractivity contribution in [2.75, 3.05) is 26.7 Å². The van der Waals surface area contributed by atoms with Crippen molar-refractivity contribution in [3.05, 3.63) is 5.69 Å². The van der Waals surface area contributed by atoms with Crippen LogP contribution in [0.2, 0.25) is 0 Å². The predicted octanol–water partition coefficient (Wildman–Crippen LogP) is 2.41. The Balaban J connectivity index is 0.00000127. The molecule has 0 aromatic carbocycles. The number of ether oxygens (including phenoxy) is 1. The molecule has 2 rings (SSSR count). The van der Waals surface area contributed by atoms with Gasteiger partial charge in [-0.2, -0.15) is 4.37 Å². The molecule has 0 radical (unpaired) electrons. The highest BCUT2D eigenvalue weighted by Crippen LogP contribution is 2.35. The highest BCUT2D eigenvalue weighted by molar-refractivity contribution is 6.99. The number of unbranched alkanes of at least 4 members (excludes halogenated alkanes) is 3. The number of hydrogen-bond donors (Lipinski definition) is 2. The summed E-state index contributed by atoms with van der Waals surface area (Å²) in [5.74, 6) is 0.369. The van der Waals surface area contributed by atoms with Gasteiger partial charge in [0.05, 0.1) is 24.4 Å². The van der Waals surface area contributed by atoms with Crippen LogP contribution in [-0.2, 0) is 5.60 Å². The van der Waals surface area contributed by atoms with Crippen LogP contribution in [0.5, 0.6) is 5.88 Å². The maximum atomic E-state index is 10.8. The Morgan fingerprint density at radius 1 is 1.30 bits per heavy atom. The second-order valence-electron chi connectivity index (χ2n) is 5.79. The molecule has 7 heteroatoms. The van der Waals surface area contributed by atoms with E-state index in [0.717, 1.165) is 31.1 Å². The smallest absolute Gasteiger partial charge is 0.252 e. The maximum absolute atomic E-state index is 10.8. The molecule has 1 saturated heterocycles. The topological polar surface area (TPSA) is 78.7 Å². The van der Waals surface area contributed by atoms with Gasteiger partial charge in [-0.1, -0.05) is 40.0 Å².